The first-order valence-electron chi connectivity index (χ1n) is 3.95. The van der Waals surface area contributed by atoms with Crippen LogP contribution >= 0.6 is 0 Å². The van der Waals surface area contributed by atoms with Crippen molar-refractivity contribution < 1.29 is 25.0 Å². The van der Waals surface area contributed by atoms with E-state index in [1.54, 1.807) is 0 Å². The second-order valence-electron chi connectivity index (χ2n) is 2.68. The minimum absolute atomic E-state index is 0. The molecule has 0 fully saturated rings. The van der Waals surface area contributed by atoms with Crippen LogP contribution in [0.2, 0.25) is 0 Å². The van der Waals surface area contributed by atoms with Gasteiger partial charge < -0.3 is 26.9 Å². The highest BCUT2D eigenvalue weighted by Gasteiger charge is 2.09. The Labute approximate surface area is 86.1 Å². The third kappa shape index (κ3) is 8.65. The summed E-state index contributed by atoms with van der Waals surface area (Å²) < 4.78 is 0. The van der Waals surface area contributed by atoms with Gasteiger partial charge in [-0.2, -0.15) is 0 Å². The summed E-state index contributed by atoms with van der Waals surface area (Å²) in [6.45, 7) is 0.741. The molecular weight excluding hydrogens is 206 g/mol. The van der Waals surface area contributed by atoms with E-state index >= 15 is 0 Å². The summed E-state index contributed by atoms with van der Waals surface area (Å²) in [6.07, 6.45) is 0. The zero-order valence-corrected chi connectivity index (χ0v) is 8.24. The molecule has 0 radical (unpaired) electrons. The Balaban J connectivity index is 0. The number of rotatable bonds is 5. The zero-order valence-electron chi connectivity index (χ0n) is 8.24. The van der Waals surface area contributed by atoms with Gasteiger partial charge in [-0.15, -0.1) is 0 Å². The van der Waals surface area contributed by atoms with Gasteiger partial charge in [0.05, 0.1) is 12.6 Å². The highest BCUT2D eigenvalue weighted by atomic mass is 16.4. The SMILES string of the molecule is C[C@@H](N)C(=O)NCC(=O)NCC(=O)O.O. The van der Waals surface area contributed by atoms with Gasteiger partial charge >= 0.3 is 5.97 Å². The second kappa shape index (κ2) is 7.71. The molecule has 1 atom stereocenters. The molecule has 15 heavy (non-hydrogen) atoms. The monoisotopic (exact) mass is 221 g/mol. The largest absolute Gasteiger partial charge is 0.480 e. The van der Waals surface area contributed by atoms with E-state index in [1.807, 2.05) is 0 Å². The summed E-state index contributed by atoms with van der Waals surface area (Å²) in [7, 11) is 0. The average molecular weight is 221 g/mol. The number of hydrogen-bond donors (Lipinski definition) is 4. The van der Waals surface area contributed by atoms with Gasteiger partial charge in [-0.1, -0.05) is 0 Å². The number of carbonyl (C=O) groups is 3. The first kappa shape index (κ1) is 15.8. The van der Waals surface area contributed by atoms with E-state index in [2.05, 4.69) is 10.6 Å². The van der Waals surface area contributed by atoms with Crippen molar-refractivity contribution in [1.29, 1.82) is 0 Å². The van der Waals surface area contributed by atoms with Crippen molar-refractivity contribution in [3.05, 3.63) is 0 Å². The van der Waals surface area contributed by atoms with Gasteiger partial charge in [0.25, 0.3) is 0 Å². The van der Waals surface area contributed by atoms with Crippen molar-refractivity contribution in [2.24, 2.45) is 5.73 Å². The highest BCUT2D eigenvalue weighted by Crippen LogP contribution is 1.74. The van der Waals surface area contributed by atoms with Crippen molar-refractivity contribution >= 4 is 17.8 Å². The molecule has 7 N–H and O–H groups in total. The topological polar surface area (TPSA) is 153 Å². The maximum absolute atomic E-state index is 10.9. The van der Waals surface area contributed by atoms with Crippen LogP contribution in [0.5, 0.6) is 0 Å². The zero-order chi connectivity index (χ0) is 11.1. The van der Waals surface area contributed by atoms with Crippen molar-refractivity contribution in [1.82, 2.24) is 10.6 Å². The standard InChI is InChI=1S/C7H13N3O4.H2O/c1-4(8)7(14)10-2-5(11)9-3-6(12)13;/h4H,2-3,8H2,1H3,(H,9,11)(H,10,14)(H,12,13);1H2/t4-;/m1./s1. The first-order chi connectivity index (χ1) is 6.43. The van der Waals surface area contributed by atoms with Gasteiger partial charge in [0.2, 0.25) is 11.8 Å². The van der Waals surface area contributed by atoms with E-state index in [0.29, 0.717) is 0 Å². The Morgan fingerprint density at radius 2 is 1.80 bits per heavy atom. The lowest BCUT2D eigenvalue weighted by Gasteiger charge is -2.06. The maximum Gasteiger partial charge on any atom is 0.322 e. The van der Waals surface area contributed by atoms with Gasteiger partial charge in [0.15, 0.2) is 0 Å². The van der Waals surface area contributed by atoms with Crippen LogP contribution in [0.25, 0.3) is 0 Å². The summed E-state index contributed by atoms with van der Waals surface area (Å²) in [6, 6.07) is -0.692. The van der Waals surface area contributed by atoms with Crippen LogP contribution in [-0.2, 0) is 14.4 Å². The second-order valence-corrected chi connectivity index (χ2v) is 2.68. The lowest BCUT2D eigenvalue weighted by molar-refractivity contribution is -0.137. The third-order valence-corrected chi connectivity index (χ3v) is 1.27. The van der Waals surface area contributed by atoms with E-state index in [4.69, 9.17) is 10.8 Å². The fraction of sp³-hybridized carbons (Fsp3) is 0.571. The lowest BCUT2D eigenvalue weighted by Crippen LogP contribution is -2.44. The molecular formula is C7H15N3O5. The Bertz CT molecular complexity index is 241. The van der Waals surface area contributed by atoms with E-state index in [9.17, 15) is 14.4 Å². The van der Waals surface area contributed by atoms with Gasteiger partial charge in [0, 0.05) is 0 Å². The van der Waals surface area contributed by atoms with E-state index in [0.717, 1.165) is 0 Å². The fourth-order valence-corrected chi connectivity index (χ4v) is 0.565. The minimum Gasteiger partial charge on any atom is -0.480 e. The Hall–Kier alpha value is -1.67. The summed E-state index contributed by atoms with van der Waals surface area (Å²) in [5, 5.41) is 12.5. The van der Waals surface area contributed by atoms with E-state index < -0.39 is 30.4 Å². The van der Waals surface area contributed by atoms with Gasteiger partial charge in [-0.05, 0) is 6.92 Å². The van der Waals surface area contributed by atoms with Crippen molar-refractivity contribution in [2.45, 2.75) is 13.0 Å². The molecule has 0 aromatic carbocycles. The molecule has 0 aliphatic heterocycles. The van der Waals surface area contributed by atoms with Crippen molar-refractivity contribution in [3.63, 3.8) is 0 Å². The van der Waals surface area contributed by atoms with E-state index in [-0.39, 0.29) is 12.0 Å². The number of hydrogen-bond acceptors (Lipinski definition) is 4. The number of carboxylic acids is 1. The molecule has 2 amide bonds. The Morgan fingerprint density at radius 1 is 1.27 bits per heavy atom. The molecule has 0 rings (SSSR count). The molecule has 0 spiro atoms. The first-order valence-corrected chi connectivity index (χ1v) is 3.95. The molecule has 0 aromatic rings. The van der Waals surface area contributed by atoms with Crippen LogP contribution in [0, 0.1) is 0 Å². The number of nitrogens with two attached hydrogens (primary N) is 1. The van der Waals surface area contributed by atoms with Crippen molar-refractivity contribution in [3.8, 4) is 0 Å². The molecule has 0 aliphatic carbocycles. The molecule has 0 aromatic heterocycles. The normalized spacial score (nSPS) is 10.8. The number of carboxylic acid groups (broad SMARTS) is 1. The lowest BCUT2D eigenvalue weighted by atomic mass is 10.3. The van der Waals surface area contributed by atoms with Crippen LogP contribution in [0.1, 0.15) is 6.92 Å². The summed E-state index contributed by atoms with van der Waals surface area (Å²) >= 11 is 0. The number of amides is 2. The number of aliphatic carboxylic acids is 1. The smallest absolute Gasteiger partial charge is 0.322 e. The van der Waals surface area contributed by atoms with Crippen LogP contribution in [0.15, 0.2) is 0 Å². The highest BCUT2D eigenvalue weighted by molar-refractivity contribution is 5.88. The summed E-state index contributed by atoms with van der Waals surface area (Å²) in [4.78, 5) is 31.7. The molecule has 88 valence electrons. The van der Waals surface area contributed by atoms with Gasteiger partial charge in [0.1, 0.15) is 6.54 Å². The molecule has 8 heteroatoms. The van der Waals surface area contributed by atoms with Crippen LogP contribution in [0.4, 0.5) is 0 Å². The Morgan fingerprint density at radius 3 is 2.20 bits per heavy atom. The predicted octanol–water partition coefficient (Wildman–Crippen LogP) is -3.17. The maximum atomic E-state index is 10.9. The third-order valence-electron chi connectivity index (χ3n) is 1.27. The van der Waals surface area contributed by atoms with Gasteiger partial charge in [-0.3, -0.25) is 14.4 Å². The van der Waals surface area contributed by atoms with Gasteiger partial charge in [-0.25, -0.2) is 0 Å². The number of nitrogens with one attached hydrogen (secondary N) is 2. The van der Waals surface area contributed by atoms with E-state index in [1.165, 1.54) is 6.92 Å². The molecule has 0 unspecified atom stereocenters. The quantitative estimate of drug-likeness (QED) is 0.385. The van der Waals surface area contributed by atoms with Crippen LogP contribution < -0.4 is 16.4 Å². The minimum atomic E-state index is -1.14. The van der Waals surface area contributed by atoms with Crippen LogP contribution in [0.3, 0.4) is 0 Å². The predicted molar refractivity (Wildman–Crippen MR) is 50.9 cm³/mol. The molecule has 0 saturated heterocycles. The number of carbonyl (C=O) groups excluding carboxylic acids is 2. The average Bonchev–Trinajstić information content (AvgIpc) is 2.10. The molecule has 0 bridgehead atoms. The fourth-order valence-electron chi connectivity index (χ4n) is 0.565. The molecule has 8 nitrogen and oxygen atoms in total. The molecule has 0 saturated carbocycles. The summed E-state index contributed by atoms with van der Waals surface area (Å²) in [5.41, 5.74) is 5.21. The van der Waals surface area contributed by atoms with Crippen LogP contribution in [-0.4, -0.2) is 47.5 Å². The molecule has 0 aliphatic rings. The summed E-state index contributed by atoms with van der Waals surface area (Å²) in [5.74, 6) is -2.17. The molecule has 0 heterocycles. The van der Waals surface area contributed by atoms with Crippen molar-refractivity contribution in [2.75, 3.05) is 13.1 Å². The Kier molecular flexibility index (Phi) is 8.11.